The Morgan fingerprint density at radius 2 is 1.78 bits per heavy atom. The van der Waals surface area contributed by atoms with Gasteiger partial charge in [0, 0.05) is 23.7 Å². The summed E-state index contributed by atoms with van der Waals surface area (Å²) >= 11 is 6.18. The normalized spacial score (nSPS) is 14.1. The molecular formula is C17H20ClNO4. The highest BCUT2D eigenvalue weighted by molar-refractivity contribution is 6.34. The highest BCUT2D eigenvalue weighted by atomic mass is 35.5. The molecule has 0 unspecified atom stereocenters. The number of rotatable bonds is 2. The summed E-state index contributed by atoms with van der Waals surface area (Å²) < 4.78 is 10.2. The molecule has 1 heterocycles. The molecule has 0 aliphatic carbocycles. The second-order valence-electron chi connectivity index (χ2n) is 6.29. The molecule has 2 rings (SSSR count). The molecule has 1 fully saturated rings. The van der Waals surface area contributed by atoms with Gasteiger partial charge in [-0.1, -0.05) is 29.8 Å². The Morgan fingerprint density at radius 1 is 1.17 bits per heavy atom. The summed E-state index contributed by atoms with van der Waals surface area (Å²) in [6.07, 6.45) is -0.398. The molecule has 124 valence electrons. The molecule has 0 spiro atoms. The topological polar surface area (TPSA) is 55.8 Å². The van der Waals surface area contributed by atoms with E-state index in [-0.39, 0.29) is 0 Å². The smallest absolute Gasteiger partial charge is 0.410 e. The largest absolute Gasteiger partial charge is 0.465 e. The molecule has 1 aromatic rings. The van der Waals surface area contributed by atoms with Crippen molar-refractivity contribution in [1.29, 1.82) is 0 Å². The summed E-state index contributed by atoms with van der Waals surface area (Å²) in [6.45, 7) is 6.08. The van der Waals surface area contributed by atoms with Crippen LogP contribution in [0.5, 0.6) is 0 Å². The Labute approximate surface area is 140 Å². The SMILES string of the molecule is COC(=O)C(=C1CN(C(=O)OC(C)(C)C)C1)c1ccccc1Cl. The molecule has 1 aliphatic rings. The Kier molecular flexibility index (Phi) is 5.00. The molecule has 0 aromatic heterocycles. The maximum absolute atomic E-state index is 12.1. The number of amides is 1. The molecule has 5 nitrogen and oxygen atoms in total. The van der Waals surface area contributed by atoms with Crippen molar-refractivity contribution in [2.24, 2.45) is 0 Å². The molecular weight excluding hydrogens is 318 g/mol. The maximum Gasteiger partial charge on any atom is 0.410 e. The van der Waals surface area contributed by atoms with Gasteiger partial charge in [0.15, 0.2) is 0 Å². The zero-order valence-corrected chi connectivity index (χ0v) is 14.4. The highest BCUT2D eigenvalue weighted by Crippen LogP contribution is 2.32. The molecule has 0 bridgehead atoms. The fourth-order valence-corrected chi connectivity index (χ4v) is 2.47. The molecule has 6 heteroatoms. The fourth-order valence-electron chi connectivity index (χ4n) is 2.24. The molecule has 23 heavy (non-hydrogen) atoms. The highest BCUT2D eigenvalue weighted by Gasteiger charge is 2.34. The molecule has 0 atom stereocenters. The zero-order valence-electron chi connectivity index (χ0n) is 13.7. The fraction of sp³-hybridized carbons (Fsp3) is 0.412. The van der Waals surface area contributed by atoms with E-state index in [1.807, 2.05) is 20.8 Å². The molecule has 1 aliphatic heterocycles. The first-order valence-corrected chi connectivity index (χ1v) is 7.64. The third-order valence-electron chi connectivity index (χ3n) is 3.30. The number of hydrogen-bond acceptors (Lipinski definition) is 4. The van der Waals surface area contributed by atoms with E-state index in [0.717, 1.165) is 5.57 Å². The van der Waals surface area contributed by atoms with Gasteiger partial charge in [-0.15, -0.1) is 0 Å². The summed E-state index contributed by atoms with van der Waals surface area (Å²) in [4.78, 5) is 25.6. The van der Waals surface area contributed by atoms with Crippen molar-refractivity contribution < 1.29 is 19.1 Å². The van der Waals surface area contributed by atoms with Crippen molar-refractivity contribution in [3.05, 3.63) is 40.4 Å². The Morgan fingerprint density at radius 3 is 2.30 bits per heavy atom. The van der Waals surface area contributed by atoms with Crippen LogP contribution in [0.3, 0.4) is 0 Å². The van der Waals surface area contributed by atoms with Crippen LogP contribution in [0.1, 0.15) is 26.3 Å². The Hall–Kier alpha value is -2.01. The molecule has 0 radical (unpaired) electrons. The number of carbonyl (C=O) groups is 2. The second-order valence-corrected chi connectivity index (χ2v) is 6.69. The quantitative estimate of drug-likeness (QED) is 0.612. The maximum atomic E-state index is 12.1. The van der Waals surface area contributed by atoms with Crippen LogP contribution in [0.15, 0.2) is 29.8 Å². The first-order chi connectivity index (χ1) is 10.7. The lowest BCUT2D eigenvalue weighted by atomic mass is 9.95. The van der Waals surface area contributed by atoms with Gasteiger partial charge in [-0.3, -0.25) is 0 Å². The lowest BCUT2D eigenvalue weighted by molar-refractivity contribution is -0.133. The number of likely N-dealkylation sites (tertiary alicyclic amines) is 1. The molecule has 0 N–H and O–H groups in total. The van der Waals surface area contributed by atoms with Crippen molar-refractivity contribution in [3.63, 3.8) is 0 Å². The van der Waals surface area contributed by atoms with Crippen molar-refractivity contribution in [3.8, 4) is 0 Å². The van der Waals surface area contributed by atoms with Crippen molar-refractivity contribution in [2.75, 3.05) is 20.2 Å². The monoisotopic (exact) mass is 337 g/mol. The van der Waals surface area contributed by atoms with E-state index >= 15 is 0 Å². The van der Waals surface area contributed by atoms with Crippen molar-refractivity contribution in [2.45, 2.75) is 26.4 Å². The standard InChI is InChI=1S/C17H20ClNO4/c1-17(2,3)23-16(21)19-9-11(10-19)14(15(20)22-4)12-7-5-6-8-13(12)18/h5-8H,9-10H2,1-4H3. The number of hydrogen-bond donors (Lipinski definition) is 0. The van der Waals surface area contributed by atoms with Crippen LogP contribution in [0.2, 0.25) is 5.02 Å². The van der Waals surface area contributed by atoms with E-state index in [9.17, 15) is 9.59 Å². The van der Waals surface area contributed by atoms with Gasteiger partial charge < -0.3 is 14.4 Å². The van der Waals surface area contributed by atoms with E-state index in [0.29, 0.717) is 29.2 Å². The van der Waals surface area contributed by atoms with Gasteiger partial charge in [0.2, 0.25) is 0 Å². The van der Waals surface area contributed by atoms with Crippen LogP contribution < -0.4 is 0 Å². The predicted octanol–water partition coefficient (Wildman–Crippen LogP) is 3.52. The summed E-state index contributed by atoms with van der Waals surface area (Å²) in [5.41, 5.74) is 1.28. The predicted molar refractivity (Wildman–Crippen MR) is 88.2 cm³/mol. The van der Waals surface area contributed by atoms with Crippen LogP contribution in [0.25, 0.3) is 5.57 Å². The first-order valence-electron chi connectivity index (χ1n) is 7.26. The third-order valence-corrected chi connectivity index (χ3v) is 3.63. The third kappa shape index (κ3) is 4.05. The summed E-state index contributed by atoms with van der Waals surface area (Å²) in [5, 5.41) is 0.469. The number of carbonyl (C=O) groups excluding carboxylic acids is 2. The van der Waals surface area contributed by atoms with Crippen LogP contribution in [-0.4, -0.2) is 42.8 Å². The van der Waals surface area contributed by atoms with E-state index in [1.165, 1.54) is 12.0 Å². The number of ether oxygens (including phenoxy) is 2. The summed E-state index contributed by atoms with van der Waals surface area (Å²) in [5.74, 6) is -0.461. The van der Waals surface area contributed by atoms with Crippen LogP contribution in [0, 0.1) is 0 Å². The van der Waals surface area contributed by atoms with Gasteiger partial charge in [-0.25, -0.2) is 9.59 Å². The van der Waals surface area contributed by atoms with E-state index in [1.54, 1.807) is 24.3 Å². The Balaban J connectivity index is 2.23. The van der Waals surface area contributed by atoms with Crippen LogP contribution in [-0.2, 0) is 14.3 Å². The van der Waals surface area contributed by atoms with Gasteiger partial charge in [-0.05, 0) is 32.4 Å². The number of nitrogens with zero attached hydrogens (tertiary/aromatic N) is 1. The Bertz CT molecular complexity index is 653. The number of methoxy groups -OCH3 is 1. The second kappa shape index (κ2) is 6.62. The van der Waals surface area contributed by atoms with E-state index in [4.69, 9.17) is 21.1 Å². The minimum absolute atomic E-state index is 0.324. The summed E-state index contributed by atoms with van der Waals surface area (Å²) in [6, 6.07) is 7.07. The average Bonchev–Trinajstić information content (AvgIpc) is 2.40. The lowest BCUT2D eigenvalue weighted by Crippen LogP contribution is -2.47. The lowest BCUT2D eigenvalue weighted by Gasteiger charge is -2.36. The molecule has 1 amide bonds. The minimum atomic E-state index is -0.551. The zero-order chi connectivity index (χ0) is 17.2. The number of benzene rings is 1. The number of halogens is 1. The number of esters is 1. The molecule has 1 aromatic carbocycles. The van der Waals surface area contributed by atoms with Crippen molar-refractivity contribution >= 4 is 29.2 Å². The van der Waals surface area contributed by atoms with Gasteiger partial charge in [0.25, 0.3) is 0 Å². The van der Waals surface area contributed by atoms with Gasteiger partial charge in [0.05, 0.1) is 12.7 Å². The summed E-state index contributed by atoms with van der Waals surface area (Å²) in [7, 11) is 1.32. The minimum Gasteiger partial charge on any atom is -0.465 e. The van der Waals surface area contributed by atoms with E-state index in [2.05, 4.69) is 0 Å². The van der Waals surface area contributed by atoms with Crippen LogP contribution >= 0.6 is 11.6 Å². The van der Waals surface area contributed by atoms with Crippen LogP contribution in [0.4, 0.5) is 4.79 Å². The van der Waals surface area contributed by atoms with E-state index < -0.39 is 17.7 Å². The van der Waals surface area contributed by atoms with Crippen molar-refractivity contribution in [1.82, 2.24) is 4.90 Å². The average molecular weight is 338 g/mol. The molecule has 1 saturated heterocycles. The molecule has 0 saturated carbocycles. The first kappa shape index (κ1) is 17.3. The van der Waals surface area contributed by atoms with Gasteiger partial charge in [0.1, 0.15) is 5.60 Å². The van der Waals surface area contributed by atoms with Gasteiger partial charge in [-0.2, -0.15) is 0 Å². The van der Waals surface area contributed by atoms with Gasteiger partial charge >= 0.3 is 12.1 Å².